The molecule has 1 fully saturated rings. The monoisotopic (exact) mass is 266 g/mol. The standard InChI is InChI=1S/C14H19ClN2O/c1-10-2-5-12(15)8-13(10)17-14(18)9-16-7-6-11-3-4-11/h2,5,8,11,16H,3-4,6-7,9H2,1H3,(H,17,18). The Bertz CT molecular complexity index is 430. The van der Waals surface area contributed by atoms with Gasteiger partial charge in [-0.15, -0.1) is 0 Å². The van der Waals surface area contributed by atoms with Crippen LogP contribution in [0, 0.1) is 12.8 Å². The summed E-state index contributed by atoms with van der Waals surface area (Å²) in [4.78, 5) is 11.7. The molecule has 0 saturated heterocycles. The quantitative estimate of drug-likeness (QED) is 0.778. The van der Waals surface area contributed by atoms with E-state index in [0.717, 1.165) is 23.7 Å². The third-order valence-electron chi connectivity index (χ3n) is 3.19. The van der Waals surface area contributed by atoms with Gasteiger partial charge in [0.2, 0.25) is 5.91 Å². The highest BCUT2D eigenvalue weighted by atomic mass is 35.5. The molecular formula is C14H19ClN2O. The molecule has 0 aromatic heterocycles. The van der Waals surface area contributed by atoms with E-state index in [0.29, 0.717) is 11.6 Å². The summed E-state index contributed by atoms with van der Waals surface area (Å²) in [6, 6.07) is 5.50. The number of amides is 1. The van der Waals surface area contributed by atoms with Crippen LogP contribution in [0.4, 0.5) is 5.69 Å². The molecule has 0 unspecified atom stereocenters. The van der Waals surface area contributed by atoms with Gasteiger partial charge in [-0.25, -0.2) is 0 Å². The van der Waals surface area contributed by atoms with Crippen LogP contribution in [0.25, 0.3) is 0 Å². The van der Waals surface area contributed by atoms with Crippen molar-refractivity contribution < 1.29 is 4.79 Å². The minimum atomic E-state index is -0.0174. The van der Waals surface area contributed by atoms with Crippen LogP contribution in [-0.2, 0) is 4.79 Å². The van der Waals surface area contributed by atoms with Crippen molar-refractivity contribution in [3.05, 3.63) is 28.8 Å². The van der Waals surface area contributed by atoms with Gasteiger partial charge in [-0.2, -0.15) is 0 Å². The highest BCUT2D eigenvalue weighted by Gasteiger charge is 2.20. The van der Waals surface area contributed by atoms with Gasteiger partial charge in [-0.1, -0.05) is 30.5 Å². The molecule has 0 atom stereocenters. The maximum Gasteiger partial charge on any atom is 0.238 e. The van der Waals surface area contributed by atoms with Gasteiger partial charge in [-0.05, 0) is 43.5 Å². The number of halogens is 1. The Morgan fingerprint density at radius 2 is 2.22 bits per heavy atom. The van der Waals surface area contributed by atoms with Gasteiger partial charge < -0.3 is 10.6 Å². The van der Waals surface area contributed by atoms with Crippen LogP contribution < -0.4 is 10.6 Å². The zero-order valence-electron chi connectivity index (χ0n) is 10.6. The molecule has 4 heteroatoms. The van der Waals surface area contributed by atoms with Gasteiger partial charge in [0.25, 0.3) is 0 Å². The molecule has 0 radical (unpaired) electrons. The van der Waals surface area contributed by atoms with E-state index in [9.17, 15) is 4.79 Å². The van der Waals surface area contributed by atoms with Gasteiger partial charge in [0.1, 0.15) is 0 Å². The number of benzene rings is 1. The Balaban J connectivity index is 1.73. The van der Waals surface area contributed by atoms with E-state index in [2.05, 4.69) is 10.6 Å². The fourth-order valence-electron chi connectivity index (χ4n) is 1.84. The van der Waals surface area contributed by atoms with Gasteiger partial charge in [0.15, 0.2) is 0 Å². The lowest BCUT2D eigenvalue weighted by molar-refractivity contribution is -0.115. The molecule has 0 heterocycles. The van der Waals surface area contributed by atoms with Crippen LogP contribution in [0.3, 0.4) is 0 Å². The van der Waals surface area contributed by atoms with Crippen molar-refractivity contribution >= 4 is 23.2 Å². The van der Waals surface area contributed by atoms with Crippen molar-refractivity contribution in [1.82, 2.24) is 5.32 Å². The average Bonchev–Trinajstić information content (AvgIpc) is 3.13. The number of hydrogen-bond acceptors (Lipinski definition) is 2. The first-order chi connectivity index (χ1) is 8.65. The number of anilines is 1. The maximum atomic E-state index is 11.7. The fourth-order valence-corrected chi connectivity index (χ4v) is 2.01. The van der Waals surface area contributed by atoms with E-state index in [-0.39, 0.29) is 5.91 Å². The summed E-state index contributed by atoms with van der Waals surface area (Å²) in [6.07, 6.45) is 3.90. The summed E-state index contributed by atoms with van der Waals surface area (Å²) >= 11 is 5.90. The van der Waals surface area contributed by atoms with Gasteiger partial charge in [0, 0.05) is 10.7 Å². The normalized spacial score (nSPS) is 14.6. The third kappa shape index (κ3) is 4.31. The number of hydrogen-bond donors (Lipinski definition) is 2. The van der Waals surface area contributed by atoms with E-state index in [1.807, 2.05) is 19.1 Å². The third-order valence-corrected chi connectivity index (χ3v) is 3.42. The number of carbonyl (C=O) groups is 1. The SMILES string of the molecule is Cc1ccc(Cl)cc1NC(=O)CNCCC1CC1. The molecule has 1 aromatic rings. The van der Waals surface area contributed by atoms with Crippen molar-refractivity contribution in [2.24, 2.45) is 5.92 Å². The highest BCUT2D eigenvalue weighted by Crippen LogP contribution is 2.31. The minimum absolute atomic E-state index is 0.0174. The summed E-state index contributed by atoms with van der Waals surface area (Å²) in [5, 5.41) is 6.67. The van der Waals surface area contributed by atoms with Crippen molar-refractivity contribution in [3.8, 4) is 0 Å². The number of carbonyl (C=O) groups excluding carboxylic acids is 1. The molecule has 1 aromatic carbocycles. The number of nitrogens with one attached hydrogen (secondary N) is 2. The van der Waals surface area contributed by atoms with E-state index < -0.39 is 0 Å². The summed E-state index contributed by atoms with van der Waals surface area (Å²) < 4.78 is 0. The molecular weight excluding hydrogens is 248 g/mol. The second kappa shape index (κ2) is 6.21. The zero-order valence-corrected chi connectivity index (χ0v) is 11.4. The van der Waals surface area contributed by atoms with Crippen LogP contribution in [-0.4, -0.2) is 19.0 Å². The molecule has 3 nitrogen and oxygen atoms in total. The summed E-state index contributed by atoms with van der Waals surface area (Å²) in [5.74, 6) is 0.881. The summed E-state index contributed by atoms with van der Waals surface area (Å²) in [5.41, 5.74) is 1.81. The molecule has 1 aliphatic rings. The van der Waals surface area contributed by atoms with Gasteiger partial charge >= 0.3 is 0 Å². The van der Waals surface area contributed by atoms with Crippen LogP contribution >= 0.6 is 11.6 Å². The Kier molecular flexibility index (Phi) is 4.61. The van der Waals surface area contributed by atoms with Crippen LogP contribution in [0.15, 0.2) is 18.2 Å². The number of rotatable bonds is 6. The topological polar surface area (TPSA) is 41.1 Å². The molecule has 0 bridgehead atoms. The second-order valence-electron chi connectivity index (χ2n) is 4.92. The predicted octanol–water partition coefficient (Wildman–Crippen LogP) is 2.98. The fraction of sp³-hybridized carbons (Fsp3) is 0.500. The molecule has 1 amide bonds. The Hall–Kier alpha value is -1.06. The Morgan fingerprint density at radius 1 is 1.44 bits per heavy atom. The van der Waals surface area contributed by atoms with Crippen molar-refractivity contribution in [2.75, 3.05) is 18.4 Å². The predicted molar refractivity (Wildman–Crippen MR) is 75.0 cm³/mol. The molecule has 2 rings (SSSR count). The van der Waals surface area contributed by atoms with Crippen LogP contribution in [0.5, 0.6) is 0 Å². The molecule has 0 spiro atoms. The molecule has 18 heavy (non-hydrogen) atoms. The minimum Gasteiger partial charge on any atom is -0.325 e. The number of aryl methyl sites for hydroxylation is 1. The lowest BCUT2D eigenvalue weighted by Gasteiger charge is -2.09. The molecule has 98 valence electrons. The van der Waals surface area contributed by atoms with Crippen molar-refractivity contribution in [2.45, 2.75) is 26.2 Å². The van der Waals surface area contributed by atoms with E-state index in [1.165, 1.54) is 19.3 Å². The maximum absolute atomic E-state index is 11.7. The lowest BCUT2D eigenvalue weighted by atomic mass is 10.2. The Labute approximate surface area is 113 Å². The lowest BCUT2D eigenvalue weighted by Crippen LogP contribution is -2.29. The average molecular weight is 267 g/mol. The van der Waals surface area contributed by atoms with Gasteiger partial charge in [-0.3, -0.25) is 4.79 Å². The van der Waals surface area contributed by atoms with E-state index in [1.54, 1.807) is 6.07 Å². The Morgan fingerprint density at radius 3 is 2.94 bits per heavy atom. The second-order valence-corrected chi connectivity index (χ2v) is 5.35. The van der Waals surface area contributed by atoms with Crippen LogP contribution in [0.1, 0.15) is 24.8 Å². The van der Waals surface area contributed by atoms with Crippen molar-refractivity contribution in [1.29, 1.82) is 0 Å². The zero-order chi connectivity index (χ0) is 13.0. The molecule has 0 aliphatic heterocycles. The van der Waals surface area contributed by atoms with E-state index >= 15 is 0 Å². The largest absolute Gasteiger partial charge is 0.325 e. The molecule has 1 saturated carbocycles. The smallest absolute Gasteiger partial charge is 0.238 e. The first-order valence-corrected chi connectivity index (χ1v) is 6.79. The first kappa shape index (κ1) is 13.4. The first-order valence-electron chi connectivity index (χ1n) is 6.42. The highest BCUT2D eigenvalue weighted by molar-refractivity contribution is 6.31. The molecule has 1 aliphatic carbocycles. The van der Waals surface area contributed by atoms with Gasteiger partial charge in [0.05, 0.1) is 6.54 Å². The van der Waals surface area contributed by atoms with Crippen LogP contribution in [0.2, 0.25) is 5.02 Å². The van der Waals surface area contributed by atoms with Crippen molar-refractivity contribution in [3.63, 3.8) is 0 Å². The molecule has 2 N–H and O–H groups in total. The summed E-state index contributed by atoms with van der Waals surface area (Å²) in [6.45, 7) is 3.23. The summed E-state index contributed by atoms with van der Waals surface area (Å²) in [7, 11) is 0. The van der Waals surface area contributed by atoms with E-state index in [4.69, 9.17) is 11.6 Å².